The molecular formula is C20H26N4O. The van der Waals surface area contributed by atoms with Crippen molar-refractivity contribution in [3.05, 3.63) is 59.9 Å². The van der Waals surface area contributed by atoms with Crippen LogP contribution in [0.2, 0.25) is 0 Å². The molecule has 0 bridgehead atoms. The number of pyridine rings is 1. The highest BCUT2D eigenvalue weighted by Crippen LogP contribution is 2.22. The van der Waals surface area contributed by atoms with Crippen molar-refractivity contribution in [2.24, 2.45) is 11.7 Å². The van der Waals surface area contributed by atoms with Crippen molar-refractivity contribution in [3.8, 4) is 0 Å². The third-order valence-electron chi connectivity index (χ3n) is 4.89. The van der Waals surface area contributed by atoms with Crippen LogP contribution in [0.15, 0.2) is 48.8 Å². The van der Waals surface area contributed by atoms with Crippen LogP contribution in [0.5, 0.6) is 0 Å². The van der Waals surface area contributed by atoms with Gasteiger partial charge in [-0.25, -0.2) is 0 Å². The van der Waals surface area contributed by atoms with Crippen molar-refractivity contribution < 1.29 is 4.79 Å². The number of piperidine rings is 1. The van der Waals surface area contributed by atoms with Gasteiger partial charge in [-0.15, -0.1) is 0 Å². The summed E-state index contributed by atoms with van der Waals surface area (Å²) < 4.78 is 0. The summed E-state index contributed by atoms with van der Waals surface area (Å²) in [6, 6.07) is 12.8. The first-order valence-corrected chi connectivity index (χ1v) is 8.89. The van der Waals surface area contributed by atoms with Crippen LogP contribution >= 0.6 is 0 Å². The van der Waals surface area contributed by atoms with Crippen LogP contribution in [-0.4, -0.2) is 28.9 Å². The second-order valence-electron chi connectivity index (χ2n) is 6.81. The summed E-state index contributed by atoms with van der Waals surface area (Å²) in [5, 5.41) is 3.54. The highest BCUT2D eigenvalue weighted by molar-refractivity contribution is 5.76. The minimum Gasteiger partial charge on any atom is -0.378 e. The Hall–Kier alpha value is -2.40. The van der Waals surface area contributed by atoms with Gasteiger partial charge in [0.05, 0.1) is 6.04 Å². The molecule has 25 heavy (non-hydrogen) atoms. The van der Waals surface area contributed by atoms with E-state index in [2.05, 4.69) is 52.5 Å². The van der Waals surface area contributed by atoms with Crippen LogP contribution < -0.4 is 11.1 Å². The van der Waals surface area contributed by atoms with Crippen LogP contribution in [0.4, 0.5) is 5.69 Å². The number of carbonyl (C=O) groups excluding carboxylic acids is 1. The zero-order valence-corrected chi connectivity index (χ0v) is 14.7. The molecule has 1 aromatic heterocycles. The maximum atomic E-state index is 11.3. The molecule has 2 aromatic rings. The number of nitrogens with zero attached hydrogens (tertiary/aromatic N) is 2. The van der Waals surface area contributed by atoms with Crippen molar-refractivity contribution in [2.75, 3.05) is 18.4 Å². The van der Waals surface area contributed by atoms with E-state index in [1.54, 1.807) is 6.20 Å². The molecule has 2 heterocycles. The quantitative estimate of drug-likeness (QED) is 0.849. The van der Waals surface area contributed by atoms with Crippen LogP contribution in [0.25, 0.3) is 0 Å². The van der Waals surface area contributed by atoms with Gasteiger partial charge in [-0.2, -0.15) is 0 Å². The highest BCUT2D eigenvalue weighted by Gasteiger charge is 2.22. The number of rotatable bonds is 6. The SMILES string of the molecule is C[C@H](Nc1cccc(CN2CCC(C(N)=O)CC2)c1)c1cccnc1. The molecule has 0 spiro atoms. The van der Waals surface area contributed by atoms with E-state index in [0.717, 1.165) is 38.2 Å². The average Bonchev–Trinajstić information content (AvgIpc) is 2.63. The van der Waals surface area contributed by atoms with E-state index < -0.39 is 0 Å². The second-order valence-corrected chi connectivity index (χ2v) is 6.81. The molecular weight excluding hydrogens is 312 g/mol. The van der Waals surface area contributed by atoms with Gasteiger partial charge >= 0.3 is 0 Å². The summed E-state index contributed by atoms with van der Waals surface area (Å²) in [5.41, 5.74) is 8.97. The molecule has 0 radical (unpaired) electrons. The van der Waals surface area contributed by atoms with E-state index in [1.807, 2.05) is 12.3 Å². The summed E-state index contributed by atoms with van der Waals surface area (Å²) in [6.07, 6.45) is 5.42. The first-order chi connectivity index (χ1) is 12.1. The third kappa shape index (κ3) is 4.79. The molecule has 5 nitrogen and oxygen atoms in total. The Morgan fingerprint density at radius 3 is 2.80 bits per heavy atom. The third-order valence-corrected chi connectivity index (χ3v) is 4.89. The fraction of sp³-hybridized carbons (Fsp3) is 0.400. The molecule has 132 valence electrons. The minimum absolute atomic E-state index is 0.0459. The largest absolute Gasteiger partial charge is 0.378 e. The molecule has 1 atom stereocenters. The molecule has 3 N–H and O–H groups in total. The summed E-state index contributed by atoms with van der Waals surface area (Å²) in [7, 11) is 0. The summed E-state index contributed by atoms with van der Waals surface area (Å²) >= 11 is 0. The van der Waals surface area contributed by atoms with Gasteiger partial charge in [0.25, 0.3) is 0 Å². The second kappa shape index (κ2) is 8.12. The number of hydrogen-bond donors (Lipinski definition) is 2. The van der Waals surface area contributed by atoms with E-state index in [-0.39, 0.29) is 17.9 Å². The number of anilines is 1. The topological polar surface area (TPSA) is 71.2 Å². The molecule has 0 aliphatic carbocycles. The van der Waals surface area contributed by atoms with Gasteiger partial charge < -0.3 is 11.1 Å². The van der Waals surface area contributed by atoms with Crippen LogP contribution in [0.1, 0.15) is 36.9 Å². The normalized spacial score (nSPS) is 17.2. The highest BCUT2D eigenvalue weighted by atomic mass is 16.1. The molecule has 1 fully saturated rings. The Morgan fingerprint density at radius 1 is 1.32 bits per heavy atom. The lowest BCUT2D eigenvalue weighted by Crippen LogP contribution is -2.38. The van der Waals surface area contributed by atoms with Crippen molar-refractivity contribution in [3.63, 3.8) is 0 Å². The fourth-order valence-corrected chi connectivity index (χ4v) is 3.36. The van der Waals surface area contributed by atoms with Gasteiger partial charge in [0, 0.05) is 30.5 Å². The van der Waals surface area contributed by atoms with Crippen LogP contribution in [-0.2, 0) is 11.3 Å². The molecule has 3 rings (SSSR count). The number of benzene rings is 1. The molecule has 1 aliphatic rings. The number of hydrogen-bond acceptors (Lipinski definition) is 4. The Labute approximate surface area is 149 Å². The Bertz CT molecular complexity index is 696. The minimum atomic E-state index is -0.157. The summed E-state index contributed by atoms with van der Waals surface area (Å²) in [6.45, 7) is 4.90. The molecule has 0 saturated carbocycles. The molecule has 5 heteroatoms. The maximum Gasteiger partial charge on any atom is 0.220 e. The molecule has 1 amide bonds. The van der Waals surface area contributed by atoms with Crippen molar-refractivity contribution in [1.29, 1.82) is 0 Å². The lowest BCUT2D eigenvalue weighted by Gasteiger charge is -2.30. The number of nitrogens with one attached hydrogen (secondary N) is 1. The van der Waals surface area contributed by atoms with Crippen molar-refractivity contribution in [1.82, 2.24) is 9.88 Å². The summed E-state index contributed by atoms with van der Waals surface area (Å²) in [5.74, 6) is -0.111. The first-order valence-electron chi connectivity index (χ1n) is 8.89. The van der Waals surface area contributed by atoms with E-state index >= 15 is 0 Å². The monoisotopic (exact) mass is 338 g/mol. The van der Waals surface area contributed by atoms with E-state index in [1.165, 1.54) is 11.1 Å². The van der Waals surface area contributed by atoms with Crippen LogP contribution in [0, 0.1) is 5.92 Å². The van der Waals surface area contributed by atoms with Gasteiger partial charge in [0.2, 0.25) is 5.91 Å². The zero-order valence-electron chi connectivity index (χ0n) is 14.7. The molecule has 1 aliphatic heterocycles. The first kappa shape index (κ1) is 17.4. The Balaban J connectivity index is 1.58. The van der Waals surface area contributed by atoms with E-state index in [9.17, 15) is 4.79 Å². The van der Waals surface area contributed by atoms with Crippen molar-refractivity contribution in [2.45, 2.75) is 32.4 Å². The summed E-state index contributed by atoms with van der Waals surface area (Å²) in [4.78, 5) is 17.8. The molecule has 1 saturated heterocycles. The van der Waals surface area contributed by atoms with Gasteiger partial charge in [-0.1, -0.05) is 18.2 Å². The maximum absolute atomic E-state index is 11.3. The Kier molecular flexibility index (Phi) is 5.66. The lowest BCUT2D eigenvalue weighted by atomic mass is 9.96. The van der Waals surface area contributed by atoms with Gasteiger partial charge in [0.15, 0.2) is 0 Å². The van der Waals surface area contributed by atoms with Crippen LogP contribution in [0.3, 0.4) is 0 Å². The zero-order chi connectivity index (χ0) is 17.6. The van der Waals surface area contributed by atoms with Gasteiger partial charge in [0.1, 0.15) is 0 Å². The van der Waals surface area contributed by atoms with E-state index in [4.69, 9.17) is 5.73 Å². The number of amides is 1. The van der Waals surface area contributed by atoms with E-state index in [0.29, 0.717) is 0 Å². The van der Waals surface area contributed by atoms with Gasteiger partial charge in [-0.05, 0) is 62.2 Å². The number of aromatic nitrogens is 1. The predicted molar refractivity (Wildman–Crippen MR) is 99.9 cm³/mol. The molecule has 1 aromatic carbocycles. The smallest absolute Gasteiger partial charge is 0.220 e. The van der Waals surface area contributed by atoms with Crippen molar-refractivity contribution >= 4 is 11.6 Å². The van der Waals surface area contributed by atoms with Gasteiger partial charge in [-0.3, -0.25) is 14.7 Å². The number of likely N-dealkylation sites (tertiary alicyclic amines) is 1. The Morgan fingerprint density at radius 2 is 2.12 bits per heavy atom. The standard InChI is InChI=1S/C20H26N4O/c1-15(18-5-3-9-22-13-18)23-19-6-2-4-16(12-19)14-24-10-7-17(8-11-24)20(21)25/h2-6,9,12-13,15,17,23H,7-8,10-11,14H2,1H3,(H2,21,25)/t15-/m0/s1. The number of nitrogens with two attached hydrogens (primary N) is 1. The average molecular weight is 338 g/mol. The lowest BCUT2D eigenvalue weighted by molar-refractivity contribution is -0.123. The predicted octanol–water partition coefficient (Wildman–Crippen LogP) is 2.95. The molecule has 0 unspecified atom stereocenters. The fourth-order valence-electron chi connectivity index (χ4n) is 3.36. The number of primary amides is 1. The number of carbonyl (C=O) groups is 1.